The summed E-state index contributed by atoms with van der Waals surface area (Å²) in [7, 11) is 0. The third-order valence-electron chi connectivity index (χ3n) is 4.58. The number of aryl methyl sites for hydroxylation is 1. The first-order chi connectivity index (χ1) is 12.3. The van der Waals surface area contributed by atoms with Gasteiger partial charge in [0.05, 0.1) is 0 Å². The van der Waals surface area contributed by atoms with Gasteiger partial charge in [-0.3, -0.25) is 0 Å². The second-order valence-corrected chi connectivity index (χ2v) is 6.25. The van der Waals surface area contributed by atoms with Gasteiger partial charge in [0, 0.05) is 23.6 Å². The molecule has 5 rings (SSSR count). The van der Waals surface area contributed by atoms with Crippen LogP contribution >= 0.6 is 0 Å². The van der Waals surface area contributed by atoms with Gasteiger partial charge in [-0.25, -0.2) is 4.98 Å². The number of benzene rings is 3. The molecule has 0 saturated heterocycles. The molecular formula is C22H16N2O. The quantitative estimate of drug-likeness (QED) is 0.414. The molecule has 0 spiro atoms. The molecule has 0 unspecified atom stereocenters. The molecule has 2 aromatic heterocycles. The maximum absolute atomic E-state index is 6.14. The minimum absolute atomic E-state index is 0.666. The summed E-state index contributed by atoms with van der Waals surface area (Å²) in [5.74, 6) is 0.666. The van der Waals surface area contributed by atoms with Crippen LogP contribution in [0.5, 0.6) is 0 Å². The average molecular weight is 324 g/mol. The van der Waals surface area contributed by atoms with Crippen LogP contribution in [-0.4, -0.2) is 9.55 Å². The van der Waals surface area contributed by atoms with E-state index in [1.54, 1.807) is 0 Å². The zero-order valence-electron chi connectivity index (χ0n) is 13.8. The van der Waals surface area contributed by atoms with Crippen LogP contribution in [0.15, 0.2) is 83.5 Å². The molecule has 5 aromatic rings. The molecule has 0 aliphatic rings. The van der Waals surface area contributed by atoms with Crippen molar-refractivity contribution in [2.75, 3.05) is 0 Å². The van der Waals surface area contributed by atoms with Crippen LogP contribution in [0.25, 0.3) is 39.0 Å². The number of hydrogen-bond acceptors (Lipinski definition) is 2. The molecule has 0 fully saturated rings. The first kappa shape index (κ1) is 14.1. The Morgan fingerprint density at radius 3 is 2.56 bits per heavy atom. The summed E-state index contributed by atoms with van der Waals surface area (Å²) in [5.41, 5.74) is 4.93. The van der Waals surface area contributed by atoms with Gasteiger partial charge >= 0.3 is 0 Å². The van der Waals surface area contributed by atoms with E-state index in [-0.39, 0.29) is 0 Å². The molecule has 120 valence electrons. The molecule has 3 heteroatoms. The molecule has 0 aliphatic heterocycles. The first-order valence-electron chi connectivity index (χ1n) is 8.32. The van der Waals surface area contributed by atoms with E-state index in [1.165, 1.54) is 5.39 Å². The number of nitrogens with zero attached hydrogens (tertiary/aromatic N) is 2. The number of fused-ring (bicyclic) bond motifs is 2. The molecule has 3 nitrogen and oxygen atoms in total. The van der Waals surface area contributed by atoms with E-state index in [9.17, 15) is 0 Å². The fourth-order valence-electron chi connectivity index (χ4n) is 3.36. The van der Waals surface area contributed by atoms with Crippen LogP contribution < -0.4 is 0 Å². The normalized spacial score (nSPS) is 11.4. The van der Waals surface area contributed by atoms with E-state index in [0.717, 1.165) is 33.3 Å². The molecule has 0 atom stereocenters. The van der Waals surface area contributed by atoms with Gasteiger partial charge in [0.25, 0.3) is 0 Å². The smallest absolute Gasteiger partial charge is 0.227 e. The average Bonchev–Trinajstić information content (AvgIpc) is 3.31. The standard InChI is InChI=1S/C22H16N2O/c1-15-13-17(24-11-4-5-12-24)14-20-21(15)25-22(23-20)19-10-6-8-16-7-2-3-9-18(16)19/h2-14H,1H3. The molecule has 2 heterocycles. The van der Waals surface area contributed by atoms with Gasteiger partial charge in [-0.05, 0) is 53.6 Å². The predicted molar refractivity (Wildman–Crippen MR) is 101 cm³/mol. The zero-order valence-corrected chi connectivity index (χ0v) is 13.8. The number of hydrogen-bond donors (Lipinski definition) is 0. The van der Waals surface area contributed by atoms with E-state index >= 15 is 0 Å². The van der Waals surface area contributed by atoms with E-state index in [1.807, 2.05) is 42.7 Å². The minimum atomic E-state index is 0.666. The van der Waals surface area contributed by atoms with Crippen molar-refractivity contribution in [3.05, 3.63) is 84.7 Å². The van der Waals surface area contributed by atoms with Crippen LogP contribution in [0.1, 0.15) is 5.56 Å². The van der Waals surface area contributed by atoms with Gasteiger partial charge < -0.3 is 8.98 Å². The fraction of sp³-hybridized carbons (Fsp3) is 0.0455. The summed E-state index contributed by atoms with van der Waals surface area (Å²) >= 11 is 0. The monoisotopic (exact) mass is 324 g/mol. The van der Waals surface area contributed by atoms with Crippen molar-refractivity contribution in [1.82, 2.24) is 9.55 Å². The van der Waals surface area contributed by atoms with E-state index in [2.05, 4.69) is 47.9 Å². The SMILES string of the molecule is Cc1cc(-n2cccc2)cc2nc(-c3cccc4ccccc34)oc12. The molecule has 3 aromatic carbocycles. The third-order valence-corrected chi connectivity index (χ3v) is 4.58. The highest BCUT2D eigenvalue weighted by molar-refractivity contribution is 5.96. The lowest BCUT2D eigenvalue weighted by Crippen LogP contribution is -1.90. The lowest BCUT2D eigenvalue weighted by Gasteiger charge is -2.03. The molecule has 0 aliphatic carbocycles. The Morgan fingerprint density at radius 2 is 1.68 bits per heavy atom. The van der Waals surface area contributed by atoms with Crippen molar-refractivity contribution in [1.29, 1.82) is 0 Å². The van der Waals surface area contributed by atoms with Crippen molar-refractivity contribution >= 4 is 21.9 Å². The summed E-state index contributed by atoms with van der Waals surface area (Å²) < 4.78 is 8.23. The lowest BCUT2D eigenvalue weighted by molar-refractivity contribution is 0.618. The Balaban J connectivity index is 1.74. The second kappa shape index (κ2) is 5.35. The van der Waals surface area contributed by atoms with E-state index < -0.39 is 0 Å². The van der Waals surface area contributed by atoms with Gasteiger partial charge in [-0.1, -0.05) is 36.4 Å². The number of aromatic nitrogens is 2. The van der Waals surface area contributed by atoms with Crippen molar-refractivity contribution in [2.45, 2.75) is 6.92 Å². The maximum Gasteiger partial charge on any atom is 0.227 e. The van der Waals surface area contributed by atoms with Crippen LogP contribution in [0.3, 0.4) is 0 Å². The lowest BCUT2D eigenvalue weighted by atomic mass is 10.0. The van der Waals surface area contributed by atoms with E-state index in [4.69, 9.17) is 9.40 Å². The summed E-state index contributed by atoms with van der Waals surface area (Å²) in [4.78, 5) is 4.78. The van der Waals surface area contributed by atoms with Crippen LogP contribution in [0.4, 0.5) is 0 Å². The molecule has 0 bridgehead atoms. The van der Waals surface area contributed by atoms with Gasteiger partial charge in [0.1, 0.15) is 5.52 Å². The number of rotatable bonds is 2. The number of oxazole rings is 1. The van der Waals surface area contributed by atoms with Gasteiger partial charge in [-0.2, -0.15) is 0 Å². The topological polar surface area (TPSA) is 31.0 Å². The predicted octanol–water partition coefficient (Wildman–Crippen LogP) is 5.75. The van der Waals surface area contributed by atoms with Crippen LogP contribution in [-0.2, 0) is 0 Å². The first-order valence-corrected chi connectivity index (χ1v) is 8.32. The largest absolute Gasteiger partial charge is 0.436 e. The summed E-state index contributed by atoms with van der Waals surface area (Å²) in [6.07, 6.45) is 4.07. The minimum Gasteiger partial charge on any atom is -0.436 e. The van der Waals surface area contributed by atoms with Crippen molar-refractivity contribution in [3.63, 3.8) is 0 Å². The Kier molecular flexibility index (Phi) is 3.01. The van der Waals surface area contributed by atoms with Crippen LogP contribution in [0.2, 0.25) is 0 Å². The summed E-state index contributed by atoms with van der Waals surface area (Å²) in [5, 5.41) is 2.34. The molecule has 0 saturated carbocycles. The molecule has 0 amide bonds. The molecule has 25 heavy (non-hydrogen) atoms. The van der Waals surface area contributed by atoms with Crippen molar-refractivity contribution in [2.24, 2.45) is 0 Å². The molecular weight excluding hydrogens is 308 g/mol. The maximum atomic E-state index is 6.14. The molecule has 0 N–H and O–H groups in total. The van der Waals surface area contributed by atoms with Crippen LogP contribution in [0, 0.1) is 6.92 Å². The van der Waals surface area contributed by atoms with Crippen molar-refractivity contribution in [3.8, 4) is 17.1 Å². The Morgan fingerprint density at radius 1 is 0.880 bits per heavy atom. The summed E-state index contributed by atoms with van der Waals surface area (Å²) in [6, 6.07) is 22.8. The highest BCUT2D eigenvalue weighted by atomic mass is 16.3. The Labute approximate surface area is 145 Å². The van der Waals surface area contributed by atoms with E-state index in [0.29, 0.717) is 5.89 Å². The van der Waals surface area contributed by atoms with Gasteiger partial charge in [-0.15, -0.1) is 0 Å². The molecule has 0 radical (unpaired) electrons. The Bertz CT molecular complexity index is 1190. The van der Waals surface area contributed by atoms with Crippen molar-refractivity contribution < 1.29 is 4.42 Å². The fourth-order valence-corrected chi connectivity index (χ4v) is 3.36. The third kappa shape index (κ3) is 2.24. The second-order valence-electron chi connectivity index (χ2n) is 6.25. The summed E-state index contributed by atoms with van der Waals surface area (Å²) in [6.45, 7) is 2.06. The van der Waals surface area contributed by atoms with Gasteiger partial charge in [0.2, 0.25) is 5.89 Å². The van der Waals surface area contributed by atoms with Gasteiger partial charge in [0.15, 0.2) is 5.58 Å². The highest BCUT2D eigenvalue weighted by Crippen LogP contribution is 2.32. The Hall–Kier alpha value is -3.33. The zero-order chi connectivity index (χ0) is 16.8. The highest BCUT2D eigenvalue weighted by Gasteiger charge is 2.14.